The Balaban J connectivity index is 1.26. The topological polar surface area (TPSA) is 101 Å². The van der Waals surface area contributed by atoms with E-state index >= 15 is 0 Å². The summed E-state index contributed by atoms with van der Waals surface area (Å²) < 4.78 is 8.25. The predicted octanol–water partition coefficient (Wildman–Crippen LogP) is 8.93. The Labute approximate surface area is 290 Å². The molecular formula is C40H49N5O3Si. The highest BCUT2D eigenvalue weighted by atomic mass is 28.4. The van der Waals surface area contributed by atoms with Gasteiger partial charge in [-0.2, -0.15) is 5.10 Å². The molecule has 0 bridgehead atoms. The van der Waals surface area contributed by atoms with Crippen molar-refractivity contribution in [3.8, 4) is 22.4 Å². The van der Waals surface area contributed by atoms with E-state index in [2.05, 4.69) is 98.8 Å². The van der Waals surface area contributed by atoms with E-state index in [0.29, 0.717) is 5.65 Å². The van der Waals surface area contributed by atoms with Gasteiger partial charge in [0.15, 0.2) is 14.0 Å². The van der Waals surface area contributed by atoms with Crippen molar-refractivity contribution in [2.75, 3.05) is 0 Å². The number of aromatic amines is 1. The molecule has 0 radical (unpaired) electrons. The van der Waals surface area contributed by atoms with E-state index in [1.54, 1.807) is 12.3 Å². The maximum absolute atomic E-state index is 13.5. The quantitative estimate of drug-likeness (QED) is 0.0781. The number of benzene rings is 2. The van der Waals surface area contributed by atoms with Gasteiger partial charge in [-0.1, -0.05) is 108 Å². The third kappa shape index (κ3) is 7.19. The zero-order valence-electron chi connectivity index (χ0n) is 29.7. The van der Waals surface area contributed by atoms with Crippen LogP contribution in [0.4, 0.5) is 0 Å². The van der Waals surface area contributed by atoms with Crippen LogP contribution in [-0.2, 0) is 14.8 Å². The standard InChI is InChI=1S/C40H49N5O3Si/c1-7-8-10-16-31(48-49(5,6)39(2,3)4)21-22-35(46)42-40(24-13-25-40)30-19-17-29(18-20-30)36-32(28-14-11-9-12-15-28)27-33-34(41-36)23-26-45-37(33)43-44-38(45)47/h9,11-12,14-15,17-23,26-27,31H,7-8,10,13,16,24-25H2,1-6H3,(H,42,46)(H,44,47)/b22-21+. The van der Waals surface area contributed by atoms with Crippen molar-refractivity contribution in [3.05, 3.63) is 101 Å². The van der Waals surface area contributed by atoms with Crippen molar-refractivity contribution in [2.45, 2.75) is 102 Å². The molecule has 0 saturated heterocycles. The summed E-state index contributed by atoms with van der Waals surface area (Å²) in [6.45, 7) is 13.5. The predicted molar refractivity (Wildman–Crippen MR) is 201 cm³/mol. The number of unbranched alkanes of at least 4 members (excludes halogenated alkanes) is 2. The van der Waals surface area contributed by atoms with Gasteiger partial charge in [0.25, 0.3) is 0 Å². The van der Waals surface area contributed by atoms with Crippen LogP contribution in [0.3, 0.4) is 0 Å². The molecule has 0 aliphatic heterocycles. The Morgan fingerprint density at radius 3 is 2.45 bits per heavy atom. The number of fused-ring (bicyclic) bond motifs is 3. The molecule has 0 spiro atoms. The molecule has 2 N–H and O–H groups in total. The van der Waals surface area contributed by atoms with E-state index in [9.17, 15) is 9.59 Å². The fourth-order valence-electron chi connectivity index (χ4n) is 6.45. The third-order valence-electron chi connectivity index (χ3n) is 10.6. The number of carbonyl (C=O) groups excluding carboxylic acids is 1. The highest BCUT2D eigenvalue weighted by molar-refractivity contribution is 6.74. The zero-order valence-corrected chi connectivity index (χ0v) is 30.7. The van der Waals surface area contributed by atoms with E-state index in [1.165, 1.54) is 4.40 Å². The molecule has 49 heavy (non-hydrogen) atoms. The van der Waals surface area contributed by atoms with Gasteiger partial charge in [-0.05, 0) is 67.1 Å². The maximum atomic E-state index is 13.5. The Kier molecular flexibility index (Phi) is 9.78. The number of H-pyrrole nitrogens is 1. The molecule has 1 unspecified atom stereocenters. The van der Waals surface area contributed by atoms with E-state index in [-0.39, 0.29) is 22.7 Å². The molecule has 256 valence electrons. The number of aromatic nitrogens is 4. The zero-order chi connectivity index (χ0) is 34.8. The molecule has 1 atom stereocenters. The van der Waals surface area contributed by atoms with Crippen LogP contribution in [0.25, 0.3) is 38.9 Å². The van der Waals surface area contributed by atoms with Crippen molar-refractivity contribution in [1.29, 1.82) is 0 Å². The molecule has 3 aromatic heterocycles. The van der Waals surface area contributed by atoms with Crippen LogP contribution in [0.5, 0.6) is 0 Å². The highest BCUT2D eigenvalue weighted by Crippen LogP contribution is 2.43. The molecule has 1 fully saturated rings. The van der Waals surface area contributed by atoms with Crippen LogP contribution < -0.4 is 11.0 Å². The first-order chi connectivity index (χ1) is 23.4. The number of rotatable bonds is 12. The van der Waals surface area contributed by atoms with Gasteiger partial charge < -0.3 is 9.74 Å². The van der Waals surface area contributed by atoms with Gasteiger partial charge >= 0.3 is 5.69 Å². The second kappa shape index (κ2) is 13.9. The minimum Gasteiger partial charge on any atom is -0.411 e. The van der Waals surface area contributed by atoms with E-state index < -0.39 is 13.9 Å². The lowest BCUT2D eigenvalue weighted by Crippen LogP contribution is -2.50. The van der Waals surface area contributed by atoms with E-state index in [0.717, 1.165) is 83.8 Å². The SMILES string of the molecule is CCCCCC(/C=C/C(=O)NC1(c2ccc(-c3nc4ccn5c(=O)[nH]nc5c4cc3-c3ccccc3)cc2)CCC1)O[Si](C)(C)C(C)(C)C. The number of pyridine rings is 2. The third-order valence-corrected chi connectivity index (χ3v) is 15.1. The highest BCUT2D eigenvalue weighted by Gasteiger charge is 2.40. The van der Waals surface area contributed by atoms with Gasteiger partial charge in [0.2, 0.25) is 5.91 Å². The minimum atomic E-state index is -1.99. The monoisotopic (exact) mass is 675 g/mol. The Morgan fingerprint density at radius 2 is 1.80 bits per heavy atom. The lowest BCUT2D eigenvalue weighted by Gasteiger charge is -2.43. The molecular weight excluding hydrogens is 627 g/mol. The van der Waals surface area contributed by atoms with Crippen LogP contribution in [0.15, 0.2) is 89.9 Å². The molecule has 5 aromatic rings. The summed E-state index contributed by atoms with van der Waals surface area (Å²) in [5.41, 5.74) is 5.52. The maximum Gasteiger partial charge on any atom is 0.347 e. The van der Waals surface area contributed by atoms with Crippen LogP contribution in [0, 0.1) is 0 Å². The largest absolute Gasteiger partial charge is 0.411 e. The molecule has 1 amide bonds. The van der Waals surface area contributed by atoms with Gasteiger partial charge in [-0.15, -0.1) is 0 Å². The second-order valence-corrected chi connectivity index (χ2v) is 19.8. The number of nitrogens with zero attached hydrogens (tertiary/aromatic N) is 3. The summed E-state index contributed by atoms with van der Waals surface area (Å²) in [7, 11) is -1.99. The number of hydrogen-bond acceptors (Lipinski definition) is 5. The molecule has 6 rings (SSSR count). The number of nitrogens with one attached hydrogen (secondary N) is 2. The molecule has 1 aliphatic rings. The van der Waals surface area contributed by atoms with Crippen molar-refractivity contribution < 1.29 is 9.22 Å². The smallest absolute Gasteiger partial charge is 0.347 e. The lowest BCUT2D eigenvalue weighted by molar-refractivity contribution is -0.119. The van der Waals surface area contributed by atoms with Crippen LogP contribution in [0.1, 0.15) is 78.2 Å². The first-order valence-electron chi connectivity index (χ1n) is 17.7. The first-order valence-corrected chi connectivity index (χ1v) is 20.6. The van der Waals surface area contributed by atoms with Crippen molar-refractivity contribution >= 4 is 30.8 Å². The molecule has 3 heterocycles. The molecule has 9 heteroatoms. The summed E-state index contributed by atoms with van der Waals surface area (Å²) >= 11 is 0. The van der Waals surface area contributed by atoms with E-state index in [4.69, 9.17) is 9.41 Å². The van der Waals surface area contributed by atoms with Crippen molar-refractivity contribution in [2.24, 2.45) is 0 Å². The van der Waals surface area contributed by atoms with Crippen molar-refractivity contribution in [1.82, 2.24) is 24.9 Å². The van der Waals surface area contributed by atoms with Gasteiger partial charge in [0.05, 0.1) is 22.9 Å². The Bertz CT molecular complexity index is 2020. The summed E-state index contributed by atoms with van der Waals surface area (Å²) in [5, 5.41) is 11.1. The van der Waals surface area contributed by atoms with E-state index in [1.807, 2.05) is 30.3 Å². The fourth-order valence-corrected chi connectivity index (χ4v) is 7.76. The Morgan fingerprint density at radius 1 is 1.06 bits per heavy atom. The number of carbonyl (C=O) groups is 1. The number of hydrogen-bond donors (Lipinski definition) is 2. The average molecular weight is 676 g/mol. The minimum absolute atomic E-state index is 0.0619. The lowest BCUT2D eigenvalue weighted by atomic mass is 9.71. The molecule has 2 aromatic carbocycles. The molecule has 1 aliphatic carbocycles. The summed E-state index contributed by atoms with van der Waals surface area (Å²) in [5.74, 6) is -0.0746. The summed E-state index contributed by atoms with van der Waals surface area (Å²) in [6, 6.07) is 22.5. The Hall–Kier alpha value is -4.34. The number of amides is 1. The van der Waals surface area contributed by atoms with Gasteiger partial charge in [-0.25, -0.2) is 19.3 Å². The van der Waals surface area contributed by atoms with Gasteiger partial charge in [0.1, 0.15) is 0 Å². The van der Waals surface area contributed by atoms with Gasteiger partial charge in [0, 0.05) is 28.8 Å². The first kappa shape index (κ1) is 34.5. The normalized spacial score (nSPS) is 15.5. The summed E-state index contributed by atoms with van der Waals surface area (Å²) in [4.78, 5) is 30.8. The second-order valence-electron chi connectivity index (χ2n) is 15.0. The molecule has 1 saturated carbocycles. The van der Waals surface area contributed by atoms with Crippen molar-refractivity contribution in [3.63, 3.8) is 0 Å². The fraction of sp³-hybridized carbons (Fsp3) is 0.400. The van der Waals surface area contributed by atoms with Crippen LogP contribution >= 0.6 is 0 Å². The van der Waals surface area contributed by atoms with Crippen LogP contribution in [-0.4, -0.2) is 39.9 Å². The molecule has 8 nitrogen and oxygen atoms in total. The van der Waals surface area contributed by atoms with Gasteiger partial charge in [-0.3, -0.25) is 4.79 Å². The van der Waals surface area contributed by atoms with Crippen LogP contribution in [0.2, 0.25) is 18.1 Å². The average Bonchev–Trinajstić information content (AvgIpc) is 3.45. The summed E-state index contributed by atoms with van der Waals surface area (Å²) in [6.07, 6.45) is 12.5.